The maximum absolute atomic E-state index is 15.1. The molecule has 2 saturated carbocycles. The number of hydrogen-bond donors (Lipinski definition) is 3. The van der Waals surface area contributed by atoms with Crippen molar-refractivity contribution in [1.82, 2.24) is 30.3 Å². The molecule has 0 unspecified atom stereocenters. The SMILES string of the molecule is CCn1nccc1C(=O)N[C@@](C)(C(=O)Nc1cnc(-c2c(C)n[nH]c2C)c(F)c1)C(C1CC1)C1CC1. The first kappa shape index (κ1) is 24.1. The van der Waals surface area contributed by atoms with E-state index >= 15 is 4.39 Å². The Labute approximate surface area is 209 Å². The maximum Gasteiger partial charge on any atom is 0.270 e. The van der Waals surface area contributed by atoms with Gasteiger partial charge in [0.15, 0.2) is 5.82 Å². The molecule has 2 amide bonds. The summed E-state index contributed by atoms with van der Waals surface area (Å²) in [6.45, 7) is 7.83. The number of pyridine rings is 1. The topological polar surface area (TPSA) is 118 Å². The van der Waals surface area contributed by atoms with Gasteiger partial charge in [0.1, 0.15) is 16.9 Å². The Morgan fingerprint density at radius 3 is 2.50 bits per heavy atom. The van der Waals surface area contributed by atoms with E-state index in [1.54, 1.807) is 37.7 Å². The van der Waals surface area contributed by atoms with Gasteiger partial charge in [-0.05, 0) is 77.2 Å². The Balaban J connectivity index is 1.43. The van der Waals surface area contributed by atoms with Gasteiger partial charge >= 0.3 is 0 Å². The summed E-state index contributed by atoms with van der Waals surface area (Å²) in [5, 5.41) is 17.0. The number of halogens is 1. The molecule has 10 heteroatoms. The largest absolute Gasteiger partial charge is 0.336 e. The van der Waals surface area contributed by atoms with Crippen molar-refractivity contribution in [3.8, 4) is 11.3 Å². The lowest BCUT2D eigenvalue weighted by molar-refractivity contribution is -0.124. The van der Waals surface area contributed by atoms with E-state index in [2.05, 4.69) is 30.9 Å². The number of amides is 2. The molecule has 0 aromatic carbocycles. The third kappa shape index (κ3) is 4.40. The first-order valence-electron chi connectivity index (χ1n) is 12.6. The number of aromatic amines is 1. The summed E-state index contributed by atoms with van der Waals surface area (Å²) in [5.74, 6) is -0.495. The van der Waals surface area contributed by atoms with E-state index in [4.69, 9.17) is 0 Å². The molecule has 0 saturated heterocycles. The summed E-state index contributed by atoms with van der Waals surface area (Å²) in [6.07, 6.45) is 7.19. The van der Waals surface area contributed by atoms with Crippen molar-refractivity contribution in [2.75, 3.05) is 5.32 Å². The van der Waals surface area contributed by atoms with Crippen LogP contribution in [0.5, 0.6) is 0 Å². The zero-order valence-corrected chi connectivity index (χ0v) is 21.1. The van der Waals surface area contributed by atoms with Crippen LogP contribution in [-0.2, 0) is 11.3 Å². The minimum Gasteiger partial charge on any atom is -0.336 e. The van der Waals surface area contributed by atoms with Crippen molar-refractivity contribution in [3.63, 3.8) is 0 Å². The minimum absolute atomic E-state index is 0.00718. The van der Waals surface area contributed by atoms with Crippen molar-refractivity contribution in [2.24, 2.45) is 17.8 Å². The number of carbonyl (C=O) groups is 2. The Bertz CT molecular complexity index is 1280. The minimum atomic E-state index is -1.17. The predicted molar refractivity (Wildman–Crippen MR) is 133 cm³/mol. The Morgan fingerprint density at radius 1 is 1.25 bits per heavy atom. The molecule has 1 atom stereocenters. The fourth-order valence-corrected chi connectivity index (χ4v) is 5.46. The van der Waals surface area contributed by atoms with E-state index in [-0.39, 0.29) is 29.1 Å². The fraction of sp³-hybridized carbons (Fsp3) is 0.500. The zero-order chi connectivity index (χ0) is 25.6. The van der Waals surface area contributed by atoms with Crippen molar-refractivity contribution in [1.29, 1.82) is 0 Å². The van der Waals surface area contributed by atoms with Crippen LogP contribution in [0.3, 0.4) is 0 Å². The first-order valence-corrected chi connectivity index (χ1v) is 12.6. The number of aromatic nitrogens is 5. The standard InChI is InChI=1S/C26H32FN7O2/c1-5-34-20(10-11-29-34)24(35)31-26(4,22(16-6-7-16)17-8-9-17)25(36)30-18-12-19(27)23(28-13-18)21-14(2)32-33-15(21)3/h10-13,16-17,22H,5-9H2,1-4H3,(H,30,36)(H,31,35)(H,32,33)/t26-/m1/s1. The van der Waals surface area contributed by atoms with Gasteiger partial charge in [-0.2, -0.15) is 10.2 Å². The number of aryl methyl sites for hydroxylation is 3. The summed E-state index contributed by atoms with van der Waals surface area (Å²) in [4.78, 5) is 31.4. The predicted octanol–water partition coefficient (Wildman–Crippen LogP) is 4.01. The number of nitrogens with one attached hydrogen (secondary N) is 3. The Hall–Kier alpha value is -3.56. The van der Waals surface area contributed by atoms with Crippen LogP contribution in [0.1, 0.15) is 61.4 Å². The fourth-order valence-electron chi connectivity index (χ4n) is 5.46. The molecule has 3 aromatic rings. The average molecular weight is 494 g/mol. The summed E-state index contributed by atoms with van der Waals surface area (Å²) < 4.78 is 16.7. The number of rotatable bonds is 9. The molecule has 0 bridgehead atoms. The summed E-state index contributed by atoms with van der Waals surface area (Å²) >= 11 is 0. The normalized spacial score (nSPS) is 17.2. The van der Waals surface area contributed by atoms with Gasteiger partial charge in [-0.3, -0.25) is 24.4 Å². The Morgan fingerprint density at radius 2 is 1.94 bits per heavy atom. The second-order valence-electron chi connectivity index (χ2n) is 10.2. The molecule has 3 N–H and O–H groups in total. The van der Waals surface area contributed by atoms with Gasteiger partial charge in [0.2, 0.25) is 5.91 Å². The van der Waals surface area contributed by atoms with Crippen molar-refractivity contribution in [3.05, 3.63) is 47.4 Å². The smallest absolute Gasteiger partial charge is 0.270 e. The molecule has 2 aliphatic rings. The van der Waals surface area contributed by atoms with Crippen molar-refractivity contribution in [2.45, 2.75) is 65.5 Å². The molecule has 0 radical (unpaired) electrons. The van der Waals surface area contributed by atoms with E-state index < -0.39 is 11.4 Å². The van der Waals surface area contributed by atoms with E-state index in [1.165, 1.54) is 12.3 Å². The molecular formula is C26H32FN7O2. The molecule has 3 heterocycles. The van der Waals surface area contributed by atoms with Crippen LogP contribution in [0.15, 0.2) is 24.5 Å². The van der Waals surface area contributed by atoms with Crippen LogP contribution in [0, 0.1) is 37.4 Å². The third-order valence-electron chi connectivity index (χ3n) is 7.48. The van der Waals surface area contributed by atoms with Gasteiger partial charge in [0.25, 0.3) is 5.91 Å². The second kappa shape index (κ2) is 9.15. The van der Waals surface area contributed by atoms with E-state index in [1.807, 2.05) is 6.92 Å². The lowest BCUT2D eigenvalue weighted by Gasteiger charge is -2.38. The van der Waals surface area contributed by atoms with Crippen molar-refractivity contribution >= 4 is 17.5 Å². The highest BCUT2D eigenvalue weighted by Gasteiger charge is 2.55. The lowest BCUT2D eigenvalue weighted by Crippen LogP contribution is -2.60. The van der Waals surface area contributed by atoms with Gasteiger partial charge in [-0.15, -0.1) is 0 Å². The number of nitrogens with zero attached hydrogens (tertiary/aromatic N) is 4. The van der Waals surface area contributed by atoms with Gasteiger partial charge in [-0.25, -0.2) is 4.39 Å². The summed E-state index contributed by atoms with van der Waals surface area (Å²) in [5.41, 5.74) is 1.62. The molecule has 2 fully saturated rings. The van der Waals surface area contributed by atoms with E-state index in [0.29, 0.717) is 41.0 Å². The first-order chi connectivity index (χ1) is 17.2. The van der Waals surface area contributed by atoms with Crippen LogP contribution in [0.4, 0.5) is 10.1 Å². The lowest BCUT2D eigenvalue weighted by atomic mass is 9.77. The number of anilines is 1. The summed E-state index contributed by atoms with van der Waals surface area (Å²) in [7, 11) is 0. The molecule has 3 aromatic heterocycles. The van der Waals surface area contributed by atoms with Gasteiger partial charge in [0, 0.05) is 30.1 Å². The molecule has 5 rings (SSSR count). The van der Waals surface area contributed by atoms with Crippen LogP contribution >= 0.6 is 0 Å². The van der Waals surface area contributed by atoms with E-state index in [0.717, 1.165) is 25.7 Å². The quantitative estimate of drug-likeness (QED) is 0.416. The van der Waals surface area contributed by atoms with Crippen LogP contribution in [0.25, 0.3) is 11.3 Å². The van der Waals surface area contributed by atoms with Gasteiger partial charge < -0.3 is 10.6 Å². The van der Waals surface area contributed by atoms with Crippen molar-refractivity contribution < 1.29 is 14.0 Å². The number of H-pyrrole nitrogens is 1. The highest BCUT2D eigenvalue weighted by molar-refractivity contribution is 6.03. The molecule has 0 aliphatic heterocycles. The monoisotopic (exact) mass is 493 g/mol. The third-order valence-corrected chi connectivity index (χ3v) is 7.48. The van der Waals surface area contributed by atoms with Crippen LogP contribution in [0.2, 0.25) is 0 Å². The van der Waals surface area contributed by atoms with E-state index in [9.17, 15) is 9.59 Å². The molecule has 9 nitrogen and oxygen atoms in total. The molecule has 2 aliphatic carbocycles. The molecule has 0 spiro atoms. The summed E-state index contributed by atoms with van der Waals surface area (Å²) in [6, 6.07) is 2.92. The van der Waals surface area contributed by atoms with Crippen LogP contribution < -0.4 is 10.6 Å². The van der Waals surface area contributed by atoms with Gasteiger partial charge in [0.05, 0.1) is 17.6 Å². The highest BCUT2D eigenvalue weighted by atomic mass is 19.1. The Kier molecular flexibility index (Phi) is 6.13. The molecule has 190 valence electrons. The maximum atomic E-state index is 15.1. The zero-order valence-electron chi connectivity index (χ0n) is 21.1. The molecular weight excluding hydrogens is 461 g/mol. The second-order valence-corrected chi connectivity index (χ2v) is 10.2. The van der Waals surface area contributed by atoms with Gasteiger partial charge in [-0.1, -0.05) is 0 Å². The number of hydrogen-bond acceptors (Lipinski definition) is 5. The molecule has 36 heavy (non-hydrogen) atoms. The average Bonchev–Trinajstić information content (AvgIpc) is 3.77. The van der Waals surface area contributed by atoms with Crippen LogP contribution in [-0.4, -0.2) is 42.3 Å². The highest BCUT2D eigenvalue weighted by Crippen LogP contribution is 2.53. The number of carbonyl (C=O) groups excluding carboxylic acids is 2.